The van der Waals surface area contributed by atoms with Crippen LogP contribution in [0.3, 0.4) is 0 Å². The Bertz CT molecular complexity index is 1330. The first-order chi connectivity index (χ1) is 16.0. The van der Waals surface area contributed by atoms with Gasteiger partial charge in [0.25, 0.3) is 5.69 Å². The summed E-state index contributed by atoms with van der Waals surface area (Å²) >= 11 is 0. The number of nitrogens with zero attached hydrogens (tertiary/aromatic N) is 2. The second-order valence-electron chi connectivity index (χ2n) is 6.97. The van der Waals surface area contributed by atoms with Gasteiger partial charge in [-0.05, 0) is 35.9 Å². The van der Waals surface area contributed by atoms with Gasteiger partial charge < -0.3 is 14.2 Å². The highest BCUT2D eigenvalue weighted by Gasteiger charge is 2.23. The lowest BCUT2D eigenvalue weighted by Gasteiger charge is -2.10. The van der Waals surface area contributed by atoms with Crippen molar-refractivity contribution in [3.8, 4) is 11.5 Å². The Hall–Kier alpha value is -4.66. The molecule has 0 aliphatic rings. The fourth-order valence-corrected chi connectivity index (χ4v) is 3.25. The van der Waals surface area contributed by atoms with Crippen LogP contribution in [0.2, 0.25) is 0 Å². The molecule has 0 N–H and O–H groups in total. The monoisotopic (exact) mass is 446 g/mol. The number of nitro groups is 1. The standard InChI is InChI=1S/C24H18N2O7/c1-31-23(27)22-13-17-7-10-20(32-15-16-5-3-2-4-6-16)14-21(17)25(22)24(28)33-19-11-8-18(9-12-19)26(29)30/h2-14H,15H2,1H3. The topological polar surface area (TPSA) is 110 Å². The van der Waals surface area contributed by atoms with Gasteiger partial charge in [0.1, 0.15) is 23.8 Å². The van der Waals surface area contributed by atoms with E-state index in [1.54, 1.807) is 18.2 Å². The first kappa shape index (κ1) is 21.6. The molecule has 4 rings (SSSR count). The summed E-state index contributed by atoms with van der Waals surface area (Å²) in [6.45, 7) is 0.324. The zero-order valence-electron chi connectivity index (χ0n) is 17.5. The molecule has 0 atom stereocenters. The number of aromatic nitrogens is 1. The van der Waals surface area contributed by atoms with E-state index in [0.717, 1.165) is 10.1 Å². The molecule has 0 bridgehead atoms. The van der Waals surface area contributed by atoms with Crippen LogP contribution in [-0.2, 0) is 11.3 Å². The molecule has 0 saturated carbocycles. The molecular weight excluding hydrogens is 428 g/mol. The number of nitro benzene ring substituents is 1. The number of hydrogen-bond donors (Lipinski definition) is 0. The van der Waals surface area contributed by atoms with Crippen LogP contribution in [0, 0.1) is 10.1 Å². The van der Waals surface area contributed by atoms with Crippen molar-refractivity contribution in [2.45, 2.75) is 6.61 Å². The minimum Gasteiger partial charge on any atom is -0.489 e. The lowest BCUT2D eigenvalue weighted by atomic mass is 10.2. The molecule has 0 unspecified atom stereocenters. The fourth-order valence-electron chi connectivity index (χ4n) is 3.25. The number of benzene rings is 3. The molecule has 9 heteroatoms. The van der Waals surface area contributed by atoms with Crippen LogP contribution in [0.25, 0.3) is 10.9 Å². The highest BCUT2D eigenvalue weighted by atomic mass is 16.6. The minimum atomic E-state index is -0.875. The lowest BCUT2D eigenvalue weighted by molar-refractivity contribution is -0.384. The summed E-state index contributed by atoms with van der Waals surface area (Å²) < 4.78 is 17.1. The molecule has 0 spiro atoms. The normalized spacial score (nSPS) is 10.6. The summed E-state index contributed by atoms with van der Waals surface area (Å²) in [5.74, 6) is -0.149. The van der Waals surface area contributed by atoms with Crippen molar-refractivity contribution in [3.05, 3.63) is 100 Å². The number of carbonyl (C=O) groups excluding carboxylic acids is 2. The Kier molecular flexibility index (Phi) is 6.03. The summed E-state index contributed by atoms with van der Waals surface area (Å²) in [6.07, 6.45) is -0.875. The van der Waals surface area contributed by atoms with Crippen molar-refractivity contribution in [2.75, 3.05) is 7.11 Å². The van der Waals surface area contributed by atoms with E-state index in [2.05, 4.69) is 0 Å². The van der Waals surface area contributed by atoms with Gasteiger partial charge in [-0.15, -0.1) is 0 Å². The molecule has 0 aliphatic heterocycles. The third kappa shape index (κ3) is 4.67. The molecular formula is C24H18N2O7. The molecule has 33 heavy (non-hydrogen) atoms. The predicted molar refractivity (Wildman–Crippen MR) is 119 cm³/mol. The van der Waals surface area contributed by atoms with Gasteiger partial charge >= 0.3 is 12.1 Å². The fraction of sp³-hybridized carbons (Fsp3) is 0.0833. The number of hydrogen-bond acceptors (Lipinski definition) is 7. The SMILES string of the molecule is COC(=O)c1cc2ccc(OCc3ccccc3)cc2n1C(=O)Oc1ccc([N+](=O)[O-])cc1. The molecule has 4 aromatic rings. The number of rotatable bonds is 6. The summed E-state index contributed by atoms with van der Waals surface area (Å²) in [4.78, 5) is 35.6. The molecule has 9 nitrogen and oxygen atoms in total. The third-order valence-electron chi connectivity index (χ3n) is 4.85. The zero-order valence-corrected chi connectivity index (χ0v) is 17.5. The smallest absolute Gasteiger partial charge is 0.424 e. The molecule has 0 amide bonds. The number of methoxy groups -OCH3 is 1. The van der Waals surface area contributed by atoms with E-state index >= 15 is 0 Å². The van der Waals surface area contributed by atoms with Crippen molar-refractivity contribution in [1.82, 2.24) is 4.57 Å². The highest BCUT2D eigenvalue weighted by Crippen LogP contribution is 2.27. The van der Waals surface area contributed by atoms with E-state index in [4.69, 9.17) is 14.2 Å². The summed E-state index contributed by atoms with van der Waals surface area (Å²) in [5.41, 5.74) is 1.19. The maximum atomic E-state index is 13.0. The van der Waals surface area contributed by atoms with E-state index in [0.29, 0.717) is 23.3 Å². The maximum absolute atomic E-state index is 13.0. The van der Waals surface area contributed by atoms with Gasteiger partial charge in [0.05, 0.1) is 17.5 Å². The zero-order chi connectivity index (χ0) is 23.4. The number of esters is 1. The minimum absolute atomic E-state index is 0.0281. The van der Waals surface area contributed by atoms with Gasteiger partial charge in [-0.2, -0.15) is 0 Å². The highest BCUT2D eigenvalue weighted by molar-refractivity contribution is 6.02. The Balaban J connectivity index is 1.66. The quantitative estimate of drug-likeness (QED) is 0.234. The van der Waals surface area contributed by atoms with Gasteiger partial charge in [0.15, 0.2) is 0 Å². The van der Waals surface area contributed by atoms with Crippen LogP contribution >= 0.6 is 0 Å². The van der Waals surface area contributed by atoms with Crippen molar-refractivity contribution < 1.29 is 28.7 Å². The number of ether oxygens (including phenoxy) is 3. The van der Waals surface area contributed by atoms with Crippen molar-refractivity contribution >= 4 is 28.7 Å². The molecule has 0 aliphatic carbocycles. The second kappa shape index (κ2) is 9.23. The average molecular weight is 446 g/mol. The summed E-state index contributed by atoms with van der Waals surface area (Å²) in [5, 5.41) is 11.4. The van der Waals surface area contributed by atoms with Crippen molar-refractivity contribution in [3.63, 3.8) is 0 Å². The Morgan fingerprint density at radius 3 is 2.30 bits per heavy atom. The number of fused-ring (bicyclic) bond motifs is 1. The van der Waals surface area contributed by atoms with Crippen LogP contribution in [0.15, 0.2) is 78.9 Å². The molecule has 0 radical (unpaired) electrons. The number of carbonyl (C=O) groups is 2. The first-order valence-corrected chi connectivity index (χ1v) is 9.83. The molecule has 3 aromatic carbocycles. The lowest BCUT2D eigenvalue weighted by Crippen LogP contribution is -2.21. The predicted octanol–water partition coefficient (Wildman–Crippen LogP) is 4.96. The summed E-state index contributed by atoms with van der Waals surface area (Å²) in [7, 11) is 1.21. The Morgan fingerprint density at radius 2 is 1.64 bits per heavy atom. The van der Waals surface area contributed by atoms with Crippen LogP contribution in [-0.4, -0.2) is 28.7 Å². The Labute approximate surface area is 187 Å². The Morgan fingerprint density at radius 1 is 0.939 bits per heavy atom. The maximum Gasteiger partial charge on any atom is 0.424 e. The van der Waals surface area contributed by atoms with Gasteiger partial charge in [-0.1, -0.05) is 30.3 Å². The third-order valence-corrected chi connectivity index (χ3v) is 4.85. The molecule has 166 valence electrons. The molecule has 0 saturated heterocycles. The van der Waals surface area contributed by atoms with Crippen LogP contribution in [0.5, 0.6) is 11.5 Å². The van der Waals surface area contributed by atoms with Gasteiger partial charge in [0, 0.05) is 23.6 Å². The van der Waals surface area contributed by atoms with E-state index in [-0.39, 0.29) is 17.1 Å². The molecule has 0 fully saturated rings. The van der Waals surface area contributed by atoms with Gasteiger partial charge in [-0.3, -0.25) is 10.1 Å². The van der Waals surface area contributed by atoms with E-state index < -0.39 is 17.0 Å². The summed E-state index contributed by atoms with van der Waals surface area (Å²) in [6, 6.07) is 21.2. The van der Waals surface area contributed by atoms with E-state index in [1.807, 2.05) is 30.3 Å². The molecule has 1 heterocycles. The van der Waals surface area contributed by atoms with Crippen LogP contribution in [0.4, 0.5) is 10.5 Å². The largest absolute Gasteiger partial charge is 0.489 e. The van der Waals surface area contributed by atoms with E-state index in [1.165, 1.54) is 37.4 Å². The van der Waals surface area contributed by atoms with Crippen molar-refractivity contribution in [2.24, 2.45) is 0 Å². The van der Waals surface area contributed by atoms with Gasteiger partial charge in [0.2, 0.25) is 0 Å². The van der Waals surface area contributed by atoms with Crippen LogP contribution < -0.4 is 9.47 Å². The average Bonchev–Trinajstić information content (AvgIpc) is 3.22. The van der Waals surface area contributed by atoms with Crippen molar-refractivity contribution in [1.29, 1.82) is 0 Å². The second-order valence-corrected chi connectivity index (χ2v) is 6.97. The van der Waals surface area contributed by atoms with Gasteiger partial charge in [-0.25, -0.2) is 14.2 Å². The van der Waals surface area contributed by atoms with E-state index in [9.17, 15) is 19.7 Å². The molecule has 1 aromatic heterocycles. The first-order valence-electron chi connectivity index (χ1n) is 9.83. The van der Waals surface area contributed by atoms with Crippen LogP contribution in [0.1, 0.15) is 16.1 Å². The number of non-ortho nitro benzene ring substituents is 1.